The third-order valence-electron chi connectivity index (χ3n) is 2.78. The van der Waals surface area contributed by atoms with Gasteiger partial charge in [-0.3, -0.25) is 4.79 Å². The number of carbonyl (C=O) groups is 3. The van der Waals surface area contributed by atoms with Crippen molar-refractivity contribution in [2.24, 2.45) is 5.92 Å². The van der Waals surface area contributed by atoms with Crippen molar-refractivity contribution in [3.8, 4) is 0 Å². The van der Waals surface area contributed by atoms with Crippen molar-refractivity contribution < 1.29 is 23.9 Å². The van der Waals surface area contributed by atoms with E-state index in [0.717, 1.165) is 0 Å². The minimum Gasteiger partial charge on any atom is -0.467 e. The summed E-state index contributed by atoms with van der Waals surface area (Å²) in [6.07, 6.45) is 0.0234. The standard InChI is InChI=1S/C14H26N2O5/c1-7-9(2)11(12(18)20-6)16-10(17)8-15-13(19)21-14(3,4)5/h9,11H,7-8H2,1-6H3,(H,15,19)(H,16,17). The van der Waals surface area contributed by atoms with Gasteiger partial charge < -0.3 is 20.1 Å². The Kier molecular flexibility index (Phi) is 7.76. The lowest BCUT2D eigenvalue weighted by Gasteiger charge is -2.22. The average Bonchev–Trinajstić information content (AvgIpc) is 2.38. The van der Waals surface area contributed by atoms with Gasteiger partial charge in [0.15, 0.2) is 0 Å². The third-order valence-corrected chi connectivity index (χ3v) is 2.78. The topological polar surface area (TPSA) is 93.7 Å². The molecular weight excluding hydrogens is 276 g/mol. The summed E-state index contributed by atoms with van der Waals surface area (Å²) in [5.41, 5.74) is -0.633. The molecule has 2 amide bonds. The fourth-order valence-corrected chi connectivity index (χ4v) is 1.49. The number of ether oxygens (including phenoxy) is 2. The van der Waals surface area contributed by atoms with E-state index in [1.54, 1.807) is 20.8 Å². The zero-order chi connectivity index (χ0) is 16.6. The molecule has 0 aliphatic heterocycles. The van der Waals surface area contributed by atoms with E-state index >= 15 is 0 Å². The average molecular weight is 302 g/mol. The molecule has 2 atom stereocenters. The molecule has 0 fully saturated rings. The number of hydrogen-bond donors (Lipinski definition) is 2. The number of esters is 1. The highest BCUT2D eigenvalue weighted by atomic mass is 16.6. The lowest BCUT2D eigenvalue weighted by molar-refractivity contribution is -0.146. The monoisotopic (exact) mass is 302 g/mol. The SMILES string of the molecule is CCC(C)C(NC(=O)CNC(=O)OC(C)(C)C)C(=O)OC. The van der Waals surface area contributed by atoms with E-state index in [9.17, 15) is 14.4 Å². The van der Waals surface area contributed by atoms with E-state index in [1.807, 2.05) is 13.8 Å². The van der Waals surface area contributed by atoms with Crippen molar-refractivity contribution in [1.29, 1.82) is 0 Å². The lowest BCUT2D eigenvalue weighted by atomic mass is 9.99. The zero-order valence-electron chi connectivity index (χ0n) is 13.6. The highest BCUT2D eigenvalue weighted by Crippen LogP contribution is 2.09. The second-order valence-corrected chi connectivity index (χ2v) is 5.81. The van der Waals surface area contributed by atoms with Gasteiger partial charge in [-0.05, 0) is 26.7 Å². The first-order valence-electron chi connectivity index (χ1n) is 6.94. The Morgan fingerprint density at radius 2 is 1.76 bits per heavy atom. The first kappa shape index (κ1) is 19.2. The highest BCUT2D eigenvalue weighted by Gasteiger charge is 2.26. The van der Waals surface area contributed by atoms with Crippen LogP contribution in [0, 0.1) is 5.92 Å². The van der Waals surface area contributed by atoms with E-state index in [4.69, 9.17) is 4.74 Å². The Bertz CT molecular complexity index is 376. The van der Waals surface area contributed by atoms with E-state index in [2.05, 4.69) is 15.4 Å². The minimum absolute atomic E-state index is 0.0667. The molecule has 2 N–H and O–H groups in total. The molecule has 0 bridgehead atoms. The van der Waals surface area contributed by atoms with Crippen molar-refractivity contribution in [2.75, 3.05) is 13.7 Å². The molecule has 2 unspecified atom stereocenters. The van der Waals surface area contributed by atoms with Crippen LogP contribution in [0.4, 0.5) is 4.79 Å². The fourth-order valence-electron chi connectivity index (χ4n) is 1.49. The predicted octanol–water partition coefficient (Wildman–Crippen LogP) is 1.21. The van der Waals surface area contributed by atoms with Crippen LogP contribution in [0.2, 0.25) is 0 Å². The van der Waals surface area contributed by atoms with Crippen LogP contribution < -0.4 is 10.6 Å². The number of carbonyl (C=O) groups excluding carboxylic acids is 3. The van der Waals surface area contributed by atoms with Crippen molar-refractivity contribution in [2.45, 2.75) is 52.7 Å². The normalized spacial score (nSPS) is 13.8. The van der Waals surface area contributed by atoms with E-state index in [-0.39, 0.29) is 12.5 Å². The number of nitrogens with one attached hydrogen (secondary N) is 2. The van der Waals surface area contributed by atoms with E-state index in [0.29, 0.717) is 6.42 Å². The number of methoxy groups -OCH3 is 1. The zero-order valence-corrected chi connectivity index (χ0v) is 13.6. The van der Waals surface area contributed by atoms with Crippen molar-refractivity contribution in [1.82, 2.24) is 10.6 Å². The molecule has 122 valence electrons. The smallest absolute Gasteiger partial charge is 0.408 e. The molecule has 21 heavy (non-hydrogen) atoms. The van der Waals surface area contributed by atoms with Gasteiger partial charge in [0.1, 0.15) is 18.2 Å². The molecule has 7 nitrogen and oxygen atoms in total. The molecule has 0 aliphatic rings. The molecule has 0 rings (SSSR count). The first-order chi connectivity index (χ1) is 9.60. The van der Waals surface area contributed by atoms with Gasteiger partial charge >= 0.3 is 12.1 Å². The van der Waals surface area contributed by atoms with Crippen LogP contribution >= 0.6 is 0 Å². The predicted molar refractivity (Wildman–Crippen MR) is 77.6 cm³/mol. The summed E-state index contributed by atoms with van der Waals surface area (Å²) in [7, 11) is 1.27. The first-order valence-corrected chi connectivity index (χ1v) is 6.94. The van der Waals surface area contributed by atoms with Gasteiger partial charge in [0, 0.05) is 0 Å². The van der Waals surface area contributed by atoms with Gasteiger partial charge in [-0.25, -0.2) is 9.59 Å². The summed E-state index contributed by atoms with van der Waals surface area (Å²) in [5, 5.41) is 4.89. The molecule has 0 aromatic carbocycles. The lowest BCUT2D eigenvalue weighted by Crippen LogP contribution is -2.49. The molecule has 0 radical (unpaired) electrons. The molecule has 7 heteroatoms. The maximum absolute atomic E-state index is 11.8. The van der Waals surface area contributed by atoms with Crippen LogP contribution in [0.3, 0.4) is 0 Å². The van der Waals surface area contributed by atoms with Crippen molar-refractivity contribution in [3.63, 3.8) is 0 Å². The number of hydrogen-bond acceptors (Lipinski definition) is 5. The highest BCUT2D eigenvalue weighted by molar-refractivity contribution is 5.87. The second-order valence-electron chi connectivity index (χ2n) is 5.81. The quantitative estimate of drug-likeness (QED) is 0.719. The largest absolute Gasteiger partial charge is 0.467 e. The molecule has 0 aromatic rings. The number of rotatable bonds is 6. The van der Waals surface area contributed by atoms with Crippen LogP contribution in [-0.4, -0.2) is 43.3 Å². The van der Waals surface area contributed by atoms with Crippen LogP contribution in [0.5, 0.6) is 0 Å². The molecule has 0 saturated heterocycles. The maximum Gasteiger partial charge on any atom is 0.408 e. The Morgan fingerprint density at radius 1 is 1.19 bits per heavy atom. The van der Waals surface area contributed by atoms with Crippen LogP contribution in [0.1, 0.15) is 41.0 Å². The third kappa shape index (κ3) is 8.16. The van der Waals surface area contributed by atoms with Crippen LogP contribution in [-0.2, 0) is 19.1 Å². The molecular formula is C14H26N2O5. The fraction of sp³-hybridized carbons (Fsp3) is 0.786. The number of alkyl carbamates (subject to hydrolysis) is 1. The van der Waals surface area contributed by atoms with E-state index < -0.39 is 29.6 Å². The van der Waals surface area contributed by atoms with Gasteiger partial charge in [-0.1, -0.05) is 20.3 Å². The summed E-state index contributed by atoms with van der Waals surface area (Å²) < 4.78 is 9.67. The number of amides is 2. The summed E-state index contributed by atoms with van der Waals surface area (Å²) >= 11 is 0. The molecule has 0 saturated carbocycles. The summed E-state index contributed by atoms with van der Waals surface area (Å²) in [6, 6.07) is -0.729. The van der Waals surface area contributed by atoms with E-state index in [1.165, 1.54) is 7.11 Å². The van der Waals surface area contributed by atoms with Gasteiger partial charge in [-0.2, -0.15) is 0 Å². The van der Waals surface area contributed by atoms with Crippen LogP contribution in [0.15, 0.2) is 0 Å². The van der Waals surface area contributed by atoms with Gasteiger partial charge in [0.05, 0.1) is 7.11 Å². The van der Waals surface area contributed by atoms with Gasteiger partial charge in [0.2, 0.25) is 5.91 Å². The Balaban J connectivity index is 4.39. The van der Waals surface area contributed by atoms with Crippen LogP contribution in [0.25, 0.3) is 0 Å². The Labute approximate surface area is 125 Å². The van der Waals surface area contributed by atoms with Crippen molar-refractivity contribution >= 4 is 18.0 Å². The minimum atomic E-state index is -0.729. The molecule has 0 heterocycles. The second kappa shape index (κ2) is 8.49. The molecule has 0 aromatic heterocycles. The van der Waals surface area contributed by atoms with Gasteiger partial charge in [0.25, 0.3) is 0 Å². The Hall–Kier alpha value is -1.79. The summed E-state index contributed by atoms with van der Waals surface area (Å²) in [4.78, 5) is 34.8. The molecule has 0 aliphatic carbocycles. The Morgan fingerprint density at radius 3 is 2.19 bits per heavy atom. The van der Waals surface area contributed by atoms with Gasteiger partial charge in [-0.15, -0.1) is 0 Å². The summed E-state index contributed by atoms with van der Waals surface area (Å²) in [6.45, 7) is 8.66. The maximum atomic E-state index is 11.8. The van der Waals surface area contributed by atoms with Crippen molar-refractivity contribution in [3.05, 3.63) is 0 Å². The molecule has 0 spiro atoms. The summed E-state index contributed by atoms with van der Waals surface area (Å²) in [5.74, 6) is -1.05.